The molecule has 0 saturated carbocycles. The molecule has 0 aliphatic carbocycles. The van der Waals surface area contributed by atoms with Crippen LogP contribution >= 0.6 is 11.6 Å². The highest BCUT2D eigenvalue weighted by molar-refractivity contribution is 6.34. The van der Waals surface area contributed by atoms with Crippen LogP contribution < -0.4 is 11.1 Å². The number of morpholine rings is 1. The fourth-order valence-electron chi connectivity index (χ4n) is 2.88. The number of carbonyl (C=O) groups is 2. The van der Waals surface area contributed by atoms with Gasteiger partial charge in [0.05, 0.1) is 23.8 Å². The van der Waals surface area contributed by atoms with Gasteiger partial charge < -0.3 is 20.7 Å². The number of nitrogens with one attached hydrogen (secondary N) is 1. The summed E-state index contributed by atoms with van der Waals surface area (Å²) in [6.45, 7) is 3.76. The molecular formula is C20H22ClN3O3. The number of carbonyl (C=O) groups excluding carboxylic acids is 2. The van der Waals surface area contributed by atoms with Gasteiger partial charge >= 0.3 is 0 Å². The smallest absolute Gasteiger partial charge is 0.255 e. The Balaban J connectivity index is 1.74. The molecule has 2 amide bonds. The molecule has 0 spiro atoms. The van der Waals surface area contributed by atoms with E-state index in [1.54, 1.807) is 42.2 Å². The van der Waals surface area contributed by atoms with E-state index in [1.165, 1.54) is 0 Å². The molecule has 3 rings (SSSR count). The van der Waals surface area contributed by atoms with Crippen LogP contribution in [0.15, 0.2) is 48.5 Å². The lowest BCUT2D eigenvalue weighted by Gasteiger charge is -2.27. The molecule has 0 bridgehead atoms. The first-order valence-corrected chi connectivity index (χ1v) is 9.10. The Hall–Kier alpha value is -2.41. The molecule has 27 heavy (non-hydrogen) atoms. The number of anilines is 1. The zero-order chi connectivity index (χ0) is 19.4. The number of amides is 2. The molecule has 3 N–H and O–H groups in total. The zero-order valence-electron chi connectivity index (χ0n) is 15.1. The molecule has 6 nitrogen and oxygen atoms in total. The van der Waals surface area contributed by atoms with Crippen LogP contribution in [-0.2, 0) is 15.1 Å². The topological polar surface area (TPSA) is 84.7 Å². The van der Waals surface area contributed by atoms with Crippen LogP contribution in [0.25, 0.3) is 0 Å². The number of hydrogen-bond acceptors (Lipinski definition) is 4. The summed E-state index contributed by atoms with van der Waals surface area (Å²) in [4.78, 5) is 26.9. The molecule has 0 aromatic heterocycles. The van der Waals surface area contributed by atoms with Gasteiger partial charge in [0, 0.05) is 18.8 Å². The Kier molecular flexibility index (Phi) is 5.79. The highest BCUT2D eigenvalue weighted by Crippen LogP contribution is 2.25. The van der Waals surface area contributed by atoms with Gasteiger partial charge in [0.15, 0.2) is 0 Å². The second-order valence-electron chi connectivity index (χ2n) is 6.62. The lowest BCUT2D eigenvalue weighted by Crippen LogP contribution is -2.45. The number of nitrogens with two attached hydrogens (primary N) is 1. The lowest BCUT2D eigenvalue weighted by molar-refractivity contribution is -0.120. The maximum Gasteiger partial charge on any atom is 0.255 e. The van der Waals surface area contributed by atoms with Gasteiger partial charge in [-0.2, -0.15) is 0 Å². The minimum Gasteiger partial charge on any atom is -0.378 e. The summed E-state index contributed by atoms with van der Waals surface area (Å²) in [5.41, 5.74) is 6.61. The number of ether oxygens (including phenoxy) is 1. The van der Waals surface area contributed by atoms with Crippen LogP contribution in [0.3, 0.4) is 0 Å². The predicted molar refractivity (Wildman–Crippen MR) is 105 cm³/mol. The minimum atomic E-state index is -1.20. The van der Waals surface area contributed by atoms with Gasteiger partial charge in [-0.3, -0.25) is 9.59 Å². The van der Waals surface area contributed by atoms with E-state index in [4.69, 9.17) is 22.1 Å². The van der Waals surface area contributed by atoms with E-state index < -0.39 is 5.54 Å². The highest BCUT2D eigenvalue weighted by atomic mass is 35.5. The third-order valence-electron chi connectivity index (χ3n) is 4.60. The Bertz CT molecular complexity index is 834. The Morgan fingerprint density at radius 3 is 2.44 bits per heavy atom. The molecule has 2 aromatic carbocycles. The summed E-state index contributed by atoms with van der Waals surface area (Å²) in [5.74, 6) is -0.508. The Morgan fingerprint density at radius 2 is 1.81 bits per heavy atom. The van der Waals surface area contributed by atoms with Crippen molar-refractivity contribution in [3.05, 3.63) is 64.7 Å². The first-order valence-electron chi connectivity index (χ1n) is 8.72. The molecule has 1 heterocycles. The minimum absolute atomic E-state index is 0.144. The quantitative estimate of drug-likeness (QED) is 0.844. The third-order valence-corrected chi connectivity index (χ3v) is 4.91. The molecule has 1 aliphatic rings. The summed E-state index contributed by atoms with van der Waals surface area (Å²) < 4.78 is 5.26. The van der Waals surface area contributed by atoms with E-state index in [1.807, 2.05) is 18.2 Å². The van der Waals surface area contributed by atoms with E-state index >= 15 is 0 Å². The van der Waals surface area contributed by atoms with Gasteiger partial charge in [0.2, 0.25) is 5.91 Å². The standard InChI is InChI=1S/C20H22ClN3O3/c1-20(22,14-5-3-2-4-6-14)19(26)23-15-7-8-16(17(21)13-15)18(25)24-9-11-27-12-10-24/h2-8,13H,9-12,22H2,1H3,(H,23,26). The third kappa shape index (κ3) is 4.30. The Labute approximate surface area is 163 Å². The van der Waals surface area contributed by atoms with Gasteiger partial charge in [-0.15, -0.1) is 0 Å². The fourth-order valence-corrected chi connectivity index (χ4v) is 3.14. The van der Waals surface area contributed by atoms with E-state index in [9.17, 15) is 9.59 Å². The average Bonchev–Trinajstić information content (AvgIpc) is 2.69. The van der Waals surface area contributed by atoms with Gasteiger partial charge in [0.1, 0.15) is 5.54 Å². The van der Waals surface area contributed by atoms with Gasteiger partial charge in [-0.1, -0.05) is 41.9 Å². The van der Waals surface area contributed by atoms with Crippen LogP contribution in [-0.4, -0.2) is 43.0 Å². The van der Waals surface area contributed by atoms with Crippen molar-refractivity contribution in [2.24, 2.45) is 5.73 Å². The molecule has 1 aliphatic heterocycles. The Morgan fingerprint density at radius 1 is 1.15 bits per heavy atom. The van der Waals surface area contributed by atoms with E-state index in [0.29, 0.717) is 43.1 Å². The highest BCUT2D eigenvalue weighted by Gasteiger charge is 2.30. The van der Waals surface area contributed by atoms with E-state index in [0.717, 1.165) is 0 Å². The maximum absolute atomic E-state index is 12.6. The lowest BCUT2D eigenvalue weighted by atomic mass is 9.92. The maximum atomic E-state index is 12.6. The number of rotatable bonds is 4. The van der Waals surface area contributed by atoms with Crippen LogP contribution in [0.2, 0.25) is 5.02 Å². The molecular weight excluding hydrogens is 366 g/mol. The zero-order valence-corrected chi connectivity index (χ0v) is 15.8. The number of halogens is 1. The van der Waals surface area contributed by atoms with Crippen LogP contribution in [0, 0.1) is 0 Å². The van der Waals surface area contributed by atoms with Gasteiger partial charge in [-0.05, 0) is 30.7 Å². The van der Waals surface area contributed by atoms with Crippen LogP contribution in [0.1, 0.15) is 22.8 Å². The van der Waals surface area contributed by atoms with Crippen molar-refractivity contribution in [2.45, 2.75) is 12.5 Å². The summed E-state index contributed by atoms with van der Waals surface area (Å²) in [7, 11) is 0. The van der Waals surface area contributed by atoms with Crippen LogP contribution in [0.4, 0.5) is 5.69 Å². The van der Waals surface area contributed by atoms with Crippen molar-refractivity contribution >= 4 is 29.1 Å². The number of hydrogen-bond donors (Lipinski definition) is 2. The van der Waals surface area contributed by atoms with Gasteiger partial charge in [0.25, 0.3) is 5.91 Å². The molecule has 1 fully saturated rings. The predicted octanol–water partition coefficient (Wildman–Crippen LogP) is 2.63. The molecule has 0 radical (unpaired) electrons. The molecule has 142 valence electrons. The first-order chi connectivity index (χ1) is 12.9. The first kappa shape index (κ1) is 19.4. The molecule has 1 atom stereocenters. The largest absolute Gasteiger partial charge is 0.378 e. The van der Waals surface area contributed by atoms with Crippen molar-refractivity contribution in [3.63, 3.8) is 0 Å². The number of benzene rings is 2. The fraction of sp³-hybridized carbons (Fsp3) is 0.300. The molecule has 7 heteroatoms. The second kappa shape index (κ2) is 8.08. The molecule has 1 unspecified atom stereocenters. The average molecular weight is 388 g/mol. The number of nitrogens with zero attached hydrogens (tertiary/aromatic N) is 1. The molecule has 1 saturated heterocycles. The summed E-state index contributed by atoms with van der Waals surface area (Å²) >= 11 is 6.30. The van der Waals surface area contributed by atoms with E-state index in [2.05, 4.69) is 5.32 Å². The van der Waals surface area contributed by atoms with Crippen LogP contribution in [0.5, 0.6) is 0 Å². The van der Waals surface area contributed by atoms with Crippen molar-refractivity contribution in [3.8, 4) is 0 Å². The van der Waals surface area contributed by atoms with Crippen molar-refractivity contribution in [1.29, 1.82) is 0 Å². The van der Waals surface area contributed by atoms with Gasteiger partial charge in [-0.25, -0.2) is 0 Å². The van der Waals surface area contributed by atoms with E-state index in [-0.39, 0.29) is 16.8 Å². The summed E-state index contributed by atoms with van der Waals surface area (Å²) in [6.07, 6.45) is 0. The SMILES string of the molecule is CC(N)(C(=O)Nc1ccc(C(=O)N2CCOCC2)c(Cl)c1)c1ccccc1. The van der Waals surface area contributed by atoms with Crippen molar-refractivity contribution in [2.75, 3.05) is 31.6 Å². The normalized spacial score (nSPS) is 16.5. The monoisotopic (exact) mass is 387 g/mol. The summed E-state index contributed by atoms with van der Waals surface area (Å²) in [5, 5.41) is 3.05. The molecule has 2 aromatic rings. The summed E-state index contributed by atoms with van der Waals surface area (Å²) in [6, 6.07) is 14.0. The second-order valence-corrected chi connectivity index (χ2v) is 7.03. The van der Waals surface area contributed by atoms with Crippen molar-refractivity contribution in [1.82, 2.24) is 4.90 Å². The van der Waals surface area contributed by atoms with Crippen molar-refractivity contribution < 1.29 is 14.3 Å².